The SMILES string of the molecule is C.CCc1cc(C)cc2c1COCO2.CCc1ccc(C)c(F)c1.CCc1ccc(C)cc1F.CCc1ccc(F)cc1.CCc1cccc(C)c1.CCc1cccc(F)c1.CCc1ccccc1F. The summed E-state index contributed by atoms with van der Waals surface area (Å²) < 4.78 is 73.5. The third-order valence-electron chi connectivity index (χ3n) is 11.1. The van der Waals surface area contributed by atoms with E-state index in [1.807, 2.05) is 77.9 Å². The van der Waals surface area contributed by atoms with Gasteiger partial charge in [-0.2, -0.15) is 0 Å². The van der Waals surface area contributed by atoms with Crippen LogP contribution in [0.5, 0.6) is 5.75 Å². The van der Waals surface area contributed by atoms with Crippen molar-refractivity contribution in [2.24, 2.45) is 0 Å². The van der Waals surface area contributed by atoms with Crippen LogP contribution in [0.3, 0.4) is 0 Å². The Labute approximate surface area is 419 Å². The minimum Gasteiger partial charge on any atom is -0.467 e. The van der Waals surface area contributed by atoms with E-state index < -0.39 is 0 Å². The van der Waals surface area contributed by atoms with Gasteiger partial charge in [-0.15, -0.1) is 0 Å². The second kappa shape index (κ2) is 35.1. The van der Waals surface area contributed by atoms with E-state index in [1.165, 1.54) is 57.6 Å². The first-order valence-electron chi connectivity index (χ1n) is 24.2. The molecule has 1 aliphatic heterocycles. The zero-order chi connectivity index (χ0) is 51.1. The molecule has 0 bridgehead atoms. The van der Waals surface area contributed by atoms with Crippen molar-refractivity contribution in [3.63, 3.8) is 0 Å². The Morgan fingerprint density at radius 2 is 0.929 bits per heavy atom. The summed E-state index contributed by atoms with van der Waals surface area (Å²) in [6, 6.07) is 43.7. The fourth-order valence-electron chi connectivity index (χ4n) is 6.70. The van der Waals surface area contributed by atoms with Gasteiger partial charge in [0.15, 0.2) is 6.79 Å². The summed E-state index contributed by atoms with van der Waals surface area (Å²) in [5.74, 6) is 0.423. The highest BCUT2D eigenvalue weighted by atomic mass is 19.1. The van der Waals surface area contributed by atoms with Gasteiger partial charge in [0.25, 0.3) is 0 Å². The van der Waals surface area contributed by atoms with Gasteiger partial charge < -0.3 is 9.47 Å². The molecule has 7 aromatic rings. The first-order valence-corrected chi connectivity index (χ1v) is 24.2. The molecule has 8 rings (SSSR count). The average Bonchev–Trinajstić information content (AvgIpc) is 3.36. The fourth-order valence-corrected chi connectivity index (χ4v) is 6.70. The lowest BCUT2D eigenvalue weighted by atomic mass is 10.0. The fraction of sp³-hybridized carbons (Fsp3) is 0.333. The number of aryl methyl sites for hydroxylation is 11. The van der Waals surface area contributed by atoms with E-state index in [1.54, 1.807) is 55.5 Å². The van der Waals surface area contributed by atoms with E-state index in [0.717, 1.165) is 84.1 Å². The van der Waals surface area contributed by atoms with Crippen LogP contribution in [0.1, 0.15) is 123 Å². The van der Waals surface area contributed by atoms with Crippen LogP contribution >= 0.6 is 0 Å². The van der Waals surface area contributed by atoms with Crippen LogP contribution in [0.25, 0.3) is 0 Å². The Bertz CT molecular complexity index is 2450. The molecule has 7 heteroatoms. The number of fused-ring (bicyclic) bond motifs is 1. The molecule has 0 unspecified atom stereocenters. The molecule has 0 amide bonds. The molecule has 0 fully saturated rings. The van der Waals surface area contributed by atoms with E-state index in [4.69, 9.17) is 9.47 Å². The monoisotopic (exact) mass is 963 g/mol. The minimum absolute atomic E-state index is 0. The molecular formula is C63H79F5O2. The predicted molar refractivity (Wildman–Crippen MR) is 286 cm³/mol. The van der Waals surface area contributed by atoms with Crippen LogP contribution in [-0.2, 0) is 56.3 Å². The lowest BCUT2D eigenvalue weighted by molar-refractivity contribution is -0.0168. The van der Waals surface area contributed by atoms with E-state index in [2.05, 4.69) is 64.1 Å². The normalized spacial score (nSPS) is 10.5. The van der Waals surface area contributed by atoms with Crippen molar-refractivity contribution in [2.75, 3.05) is 6.79 Å². The molecule has 378 valence electrons. The second-order valence-corrected chi connectivity index (χ2v) is 16.5. The topological polar surface area (TPSA) is 18.5 Å². The van der Waals surface area contributed by atoms with Crippen LogP contribution < -0.4 is 4.74 Å². The number of halogens is 5. The maximum Gasteiger partial charge on any atom is 0.189 e. The van der Waals surface area contributed by atoms with Gasteiger partial charge in [-0.3, -0.25) is 0 Å². The summed E-state index contributed by atoms with van der Waals surface area (Å²) >= 11 is 0. The van der Waals surface area contributed by atoms with Crippen LogP contribution in [0.4, 0.5) is 22.0 Å². The standard InChI is InChI=1S/C11H14O2.2C9H11F.C9H12.3C8H9F.CH4/c1-3-9-4-8(2)5-11-10(9)6-12-7-13-11;1-3-8-5-4-7(2)9(10)6-8;1-3-8-5-4-7(2)6-9(8)10;1-3-9-6-4-5-8(2)7-9;1-2-7-3-5-8(9)6-4-7;1-2-7-4-3-5-8(9)6-7;1-2-7-5-3-4-6-8(7)9;/h4-5H,3,6-7H2,1-2H3;2*4-6H,3H2,1-2H3;4-7H,3H2,1-2H3;3*3-6H,2H2,1H3;1H4. The van der Waals surface area contributed by atoms with E-state index in [9.17, 15) is 22.0 Å². The van der Waals surface area contributed by atoms with Crippen LogP contribution in [0, 0.1) is 56.8 Å². The predicted octanol–water partition coefficient (Wildman–Crippen LogP) is 18.2. The third kappa shape index (κ3) is 24.0. The largest absolute Gasteiger partial charge is 0.467 e. The molecule has 0 spiro atoms. The number of hydrogen-bond acceptors (Lipinski definition) is 2. The van der Waals surface area contributed by atoms with Gasteiger partial charge in [-0.25, -0.2) is 22.0 Å². The summed E-state index contributed by atoms with van der Waals surface area (Å²) in [7, 11) is 0. The Kier molecular flexibility index (Phi) is 31.1. The molecule has 0 aliphatic carbocycles. The van der Waals surface area contributed by atoms with E-state index in [-0.39, 0.29) is 36.5 Å². The highest BCUT2D eigenvalue weighted by molar-refractivity contribution is 5.44. The van der Waals surface area contributed by atoms with Gasteiger partial charge in [-0.1, -0.05) is 159 Å². The van der Waals surface area contributed by atoms with Gasteiger partial charge in [0.1, 0.15) is 34.8 Å². The molecule has 0 radical (unpaired) electrons. The Morgan fingerprint density at radius 3 is 1.43 bits per heavy atom. The van der Waals surface area contributed by atoms with Crippen molar-refractivity contribution in [3.05, 3.63) is 241 Å². The number of benzene rings is 7. The maximum atomic E-state index is 12.9. The summed E-state index contributed by atoms with van der Waals surface area (Å²) in [5.41, 5.74) is 13.2. The molecule has 0 aromatic heterocycles. The van der Waals surface area contributed by atoms with Gasteiger partial charge in [0.2, 0.25) is 0 Å². The maximum absolute atomic E-state index is 12.9. The molecule has 1 aliphatic rings. The molecule has 7 aromatic carbocycles. The van der Waals surface area contributed by atoms with Crippen molar-refractivity contribution >= 4 is 0 Å². The Morgan fingerprint density at radius 1 is 0.386 bits per heavy atom. The summed E-state index contributed by atoms with van der Waals surface area (Å²) in [6.07, 6.45) is 6.49. The Hall–Kier alpha value is -6.05. The quantitative estimate of drug-likeness (QED) is 0.148. The molecule has 1 heterocycles. The number of ether oxygens (including phenoxy) is 2. The molecule has 0 N–H and O–H groups in total. The third-order valence-corrected chi connectivity index (χ3v) is 11.1. The molecule has 0 saturated heterocycles. The van der Waals surface area contributed by atoms with Crippen LogP contribution in [-0.4, -0.2) is 6.79 Å². The molecule has 0 atom stereocenters. The smallest absolute Gasteiger partial charge is 0.189 e. The van der Waals surface area contributed by atoms with Crippen molar-refractivity contribution in [1.29, 1.82) is 0 Å². The van der Waals surface area contributed by atoms with Crippen molar-refractivity contribution in [1.82, 2.24) is 0 Å². The van der Waals surface area contributed by atoms with Crippen LogP contribution in [0.15, 0.2) is 146 Å². The first kappa shape index (κ1) is 62.0. The molecule has 70 heavy (non-hydrogen) atoms. The average molecular weight is 963 g/mol. The number of hydrogen-bond donors (Lipinski definition) is 0. The highest BCUT2D eigenvalue weighted by Crippen LogP contribution is 2.28. The lowest BCUT2D eigenvalue weighted by Crippen LogP contribution is -2.13. The minimum atomic E-state index is -0.160. The number of rotatable bonds is 7. The van der Waals surface area contributed by atoms with Crippen LogP contribution in [0.2, 0.25) is 0 Å². The Balaban J connectivity index is 0.000000409. The van der Waals surface area contributed by atoms with E-state index >= 15 is 0 Å². The first-order chi connectivity index (χ1) is 33.1. The van der Waals surface area contributed by atoms with E-state index in [0.29, 0.717) is 13.4 Å². The summed E-state index contributed by atoms with van der Waals surface area (Å²) in [6.45, 7) is 23.3. The zero-order valence-electron chi connectivity index (χ0n) is 42.9. The summed E-state index contributed by atoms with van der Waals surface area (Å²) in [5, 5.41) is 0. The summed E-state index contributed by atoms with van der Waals surface area (Å²) in [4.78, 5) is 0. The van der Waals surface area contributed by atoms with Crippen molar-refractivity contribution in [3.8, 4) is 5.75 Å². The van der Waals surface area contributed by atoms with Crippen molar-refractivity contribution in [2.45, 2.75) is 135 Å². The molecule has 2 nitrogen and oxygen atoms in total. The van der Waals surface area contributed by atoms with Crippen molar-refractivity contribution < 1.29 is 31.4 Å². The van der Waals surface area contributed by atoms with Gasteiger partial charge in [0, 0.05) is 5.56 Å². The van der Waals surface area contributed by atoms with Gasteiger partial charge in [0.05, 0.1) is 6.61 Å². The highest BCUT2D eigenvalue weighted by Gasteiger charge is 2.14. The molecule has 0 saturated carbocycles. The van der Waals surface area contributed by atoms with Gasteiger partial charge in [-0.05, 0) is 177 Å². The molecular weight excluding hydrogens is 884 g/mol. The lowest BCUT2D eigenvalue weighted by Gasteiger charge is -2.20. The zero-order valence-corrected chi connectivity index (χ0v) is 42.9. The second-order valence-electron chi connectivity index (χ2n) is 16.5. The van der Waals surface area contributed by atoms with Gasteiger partial charge >= 0.3 is 0 Å².